The summed E-state index contributed by atoms with van der Waals surface area (Å²) in [5.74, 6) is 0. The molecule has 0 saturated carbocycles. The Kier molecular flexibility index (Phi) is 3.48. The minimum Gasteiger partial charge on any atom is -0.233 e. The molecule has 0 bridgehead atoms. The van der Waals surface area contributed by atoms with E-state index in [2.05, 4.69) is 66.1 Å². The molecule has 2 rings (SSSR count). The van der Waals surface area contributed by atoms with Crippen molar-refractivity contribution in [1.82, 2.24) is 9.78 Å². The molecule has 0 aliphatic carbocycles. The number of halogens is 1. The van der Waals surface area contributed by atoms with Crippen molar-refractivity contribution in [3.8, 4) is 5.69 Å². The van der Waals surface area contributed by atoms with Gasteiger partial charge >= 0.3 is 0 Å². The molecule has 0 aliphatic heterocycles. The van der Waals surface area contributed by atoms with Crippen LogP contribution >= 0.6 is 15.9 Å². The molecule has 1 aromatic carbocycles. The summed E-state index contributed by atoms with van der Waals surface area (Å²) in [6.45, 7) is 6.26. The number of aryl methyl sites for hydroxylation is 1. The third-order valence-electron chi connectivity index (χ3n) is 2.39. The highest BCUT2D eigenvalue weighted by Crippen LogP contribution is 2.19. The lowest BCUT2D eigenvalue weighted by molar-refractivity contribution is 0.859. The van der Waals surface area contributed by atoms with Crippen LogP contribution < -0.4 is 0 Å². The molecule has 0 atom stereocenters. The Hall–Kier alpha value is -1.35. The van der Waals surface area contributed by atoms with Gasteiger partial charge in [0.2, 0.25) is 0 Å². The van der Waals surface area contributed by atoms with Crippen molar-refractivity contribution in [3.05, 3.63) is 51.8 Å². The zero-order chi connectivity index (χ0) is 12.4. The minimum atomic E-state index is 0.853. The fourth-order valence-electron chi connectivity index (χ4n) is 1.73. The molecule has 0 saturated heterocycles. The highest BCUT2D eigenvalue weighted by molar-refractivity contribution is 9.10. The highest BCUT2D eigenvalue weighted by atomic mass is 79.9. The Labute approximate surface area is 110 Å². The van der Waals surface area contributed by atoms with Crippen LogP contribution in [0.2, 0.25) is 0 Å². The number of aromatic nitrogens is 2. The van der Waals surface area contributed by atoms with Gasteiger partial charge < -0.3 is 0 Å². The van der Waals surface area contributed by atoms with E-state index in [1.54, 1.807) is 0 Å². The van der Waals surface area contributed by atoms with Crippen LogP contribution in [-0.4, -0.2) is 9.78 Å². The molecule has 0 aliphatic rings. The zero-order valence-corrected chi connectivity index (χ0v) is 11.8. The molecule has 17 heavy (non-hydrogen) atoms. The van der Waals surface area contributed by atoms with Crippen LogP contribution in [0.3, 0.4) is 0 Å². The molecule has 0 amide bonds. The Morgan fingerprint density at radius 1 is 1.29 bits per heavy atom. The average Bonchev–Trinajstić information content (AvgIpc) is 2.58. The monoisotopic (exact) mass is 290 g/mol. The van der Waals surface area contributed by atoms with Crippen molar-refractivity contribution >= 4 is 22.0 Å². The summed E-state index contributed by atoms with van der Waals surface area (Å²) in [6, 6.07) is 10.3. The SMILES string of the molecule is CC(C)=Cc1cc(Br)nn1-c1cccc(C)c1. The standard InChI is InChI=1S/C14H15BrN2/c1-10(2)7-13-9-14(15)16-17(13)12-6-4-5-11(3)8-12/h4-9H,1-3H3. The highest BCUT2D eigenvalue weighted by Gasteiger charge is 2.06. The van der Waals surface area contributed by atoms with Gasteiger partial charge in [-0.1, -0.05) is 17.7 Å². The summed E-state index contributed by atoms with van der Waals surface area (Å²) in [5, 5.41) is 4.46. The molecular weight excluding hydrogens is 276 g/mol. The molecule has 1 heterocycles. The maximum Gasteiger partial charge on any atom is 0.129 e. The van der Waals surface area contributed by atoms with E-state index in [0.717, 1.165) is 16.0 Å². The van der Waals surface area contributed by atoms with E-state index in [0.29, 0.717) is 0 Å². The van der Waals surface area contributed by atoms with Crippen molar-refractivity contribution in [2.24, 2.45) is 0 Å². The van der Waals surface area contributed by atoms with Crippen LogP contribution in [0.25, 0.3) is 11.8 Å². The summed E-state index contributed by atoms with van der Waals surface area (Å²) < 4.78 is 2.80. The summed E-state index contributed by atoms with van der Waals surface area (Å²) in [6.07, 6.45) is 2.13. The number of benzene rings is 1. The number of hydrogen-bond donors (Lipinski definition) is 0. The largest absolute Gasteiger partial charge is 0.233 e. The first kappa shape index (κ1) is 12.1. The maximum atomic E-state index is 4.46. The summed E-state index contributed by atoms with van der Waals surface area (Å²) in [5.41, 5.74) is 4.66. The maximum absolute atomic E-state index is 4.46. The van der Waals surface area contributed by atoms with Crippen molar-refractivity contribution in [2.45, 2.75) is 20.8 Å². The van der Waals surface area contributed by atoms with Gasteiger partial charge in [0, 0.05) is 0 Å². The molecule has 0 unspecified atom stereocenters. The van der Waals surface area contributed by atoms with E-state index >= 15 is 0 Å². The molecule has 2 aromatic rings. The fraction of sp³-hybridized carbons (Fsp3) is 0.214. The summed E-state index contributed by atoms with van der Waals surface area (Å²) >= 11 is 3.43. The Balaban J connectivity index is 2.55. The number of nitrogens with zero attached hydrogens (tertiary/aromatic N) is 2. The molecule has 0 N–H and O–H groups in total. The quantitative estimate of drug-likeness (QED) is 0.803. The van der Waals surface area contributed by atoms with Gasteiger partial charge in [0.25, 0.3) is 0 Å². The van der Waals surface area contributed by atoms with E-state index in [4.69, 9.17) is 0 Å². The number of hydrogen-bond acceptors (Lipinski definition) is 1. The van der Waals surface area contributed by atoms with Gasteiger partial charge in [0.1, 0.15) is 4.60 Å². The molecule has 0 radical (unpaired) electrons. The smallest absolute Gasteiger partial charge is 0.129 e. The number of rotatable bonds is 2. The second kappa shape index (κ2) is 4.88. The topological polar surface area (TPSA) is 17.8 Å². The molecule has 1 aromatic heterocycles. The molecular formula is C14H15BrN2. The van der Waals surface area contributed by atoms with Crippen LogP contribution in [0.5, 0.6) is 0 Å². The lowest BCUT2D eigenvalue weighted by atomic mass is 10.2. The van der Waals surface area contributed by atoms with Gasteiger partial charge in [0.05, 0.1) is 11.4 Å². The lowest BCUT2D eigenvalue weighted by Gasteiger charge is -2.05. The van der Waals surface area contributed by atoms with E-state index in [-0.39, 0.29) is 0 Å². The Bertz CT molecular complexity index is 563. The van der Waals surface area contributed by atoms with Gasteiger partial charge in [-0.3, -0.25) is 0 Å². The van der Waals surface area contributed by atoms with Crippen LogP contribution in [0.4, 0.5) is 0 Å². The Morgan fingerprint density at radius 2 is 2.06 bits per heavy atom. The molecule has 0 spiro atoms. The van der Waals surface area contributed by atoms with Crippen LogP contribution in [-0.2, 0) is 0 Å². The van der Waals surface area contributed by atoms with E-state index in [9.17, 15) is 0 Å². The molecule has 88 valence electrons. The Morgan fingerprint density at radius 3 is 2.71 bits per heavy atom. The van der Waals surface area contributed by atoms with Crippen molar-refractivity contribution in [3.63, 3.8) is 0 Å². The first-order chi connectivity index (χ1) is 8.06. The van der Waals surface area contributed by atoms with E-state index < -0.39 is 0 Å². The van der Waals surface area contributed by atoms with Crippen molar-refractivity contribution in [2.75, 3.05) is 0 Å². The molecule has 0 fully saturated rings. The van der Waals surface area contributed by atoms with Gasteiger partial charge in [0.15, 0.2) is 0 Å². The summed E-state index contributed by atoms with van der Waals surface area (Å²) in [4.78, 5) is 0. The third-order valence-corrected chi connectivity index (χ3v) is 2.78. The zero-order valence-electron chi connectivity index (χ0n) is 10.2. The van der Waals surface area contributed by atoms with Crippen LogP contribution in [0, 0.1) is 6.92 Å². The van der Waals surface area contributed by atoms with Crippen molar-refractivity contribution in [1.29, 1.82) is 0 Å². The van der Waals surface area contributed by atoms with Gasteiger partial charge in [-0.25, -0.2) is 4.68 Å². The minimum absolute atomic E-state index is 0.853. The molecule has 3 heteroatoms. The van der Waals surface area contributed by atoms with Gasteiger partial charge in [-0.2, -0.15) is 5.10 Å². The average molecular weight is 291 g/mol. The first-order valence-electron chi connectivity index (χ1n) is 5.54. The normalized spacial score (nSPS) is 10.4. The van der Waals surface area contributed by atoms with E-state index in [1.165, 1.54) is 11.1 Å². The van der Waals surface area contributed by atoms with Crippen LogP contribution in [0.1, 0.15) is 25.1 Å². The van der Waals surface area contributed by atoms with Gasteiger partial charge in [-0.15, -0.1) is 0 Å². The summed E-state index contributed by atoms with van der Waals surface area (Å²) in [7, 11) is 0. The van der Waals surface area contributed by atoms with Crippen molar-refractivity contribution < 1.29 is 0 Å². The predicted molar refractivity (Wildman–Crippen MR) is 75.3 cm³/mol. The first-order valence-corrected chi connectivity index (χ1v) is 6.33. The number of allylic oxidation sites excluding steroid dienone is 1. The second-order valence-corrected chi connectivity index (χ2v) is 5.18. The third kappa shape index (κ3) is 2.86. The predicted octanol–water partition coefficient (Wildman–Crippen LogP) is 4.37. The van der Waals surface area contributed by atoms with Crippen LogP contribution in [0.15, 0.2) is 40.5 Å². The van der Waals surface area contributed by atoms with Gasteiger partial charge in [-0.05, 0) is 66.5 Å². The van der Waals surface area contributed by atoms with E-state index in [1.807, 2.05) is 16.8 Å². The lowest BCUT2D eigenvalue weighted by Crippen LogP contribution is -1.99. The second-order valence-electron chi connectivity index (χ2n) is 4.36. The molecule has 2 nitrogen and oxygen atoms in total. The fourth-order valence-corrected chi connectivity index (χ4v) is 2.12.